The zero-order valence-electron chi connectivity index (χ0n) is 14.4. The van der Waals surface area contributed by atoms with Gasteiger partial charge in [-0.05, 0) is 19.4 Å². The van der Waals surface area contributed by atoms with Gasteiger partial charge in [-0.15, -0.1) is 0 Å². The Morgan fingerprint density at radius 1 is 1.37 bits per heavy atom. The monoisotopic (exact) mass is 412 g/mol. The van der Waals surface area contributed by atoms with Gasteiger partial charge in [0, 0.05) is 11.6 Å². The van der Waals surface area contributed by atoms with Gasteiger partial charge in [-0.25, -0.2) is 13.2 Å². The first kappa shape index (κ1) is 19.4. The van der Waals surface area contributed by atoms with E-state index in [0.29, 0.717) is 17.0 Å². The van der Waals surface area contributed by atoms with Crippen molar-refractivity contribution in [1.82, 2.24) is 10.5 Å². The fraction of sp³-hybridized carbons (Fsp3) is 0.353. The molecule has 0 spiro atoms. The van der Waals surface area contributed by atoms with E-state index in [1.54, 1.807) is 31.2 Å². The van der Waals surface area contributed by atoms with Gasteiger partial charge in [-0.1, -0.05) is 35.0 Å². The second kappa shape index (κ2) is 7.69. The van der Waals surface area contributed by atoms with E-state index in [2.05, 4.69) is 10.5 Å². The minimum atomic E-state index is -3.11. The second-order valence-electron chi connectivity index (χ2n) is 6.19. The summed E-state index contributed by atoms with van der Waals surface area (Å²) in [7, 11) is -3.11. The summed E-state index contributed by atoms with van der Waals surface area (Å²) in [6.07, 6.45) is 0.351. The van der Waals surface area contributed by atoms with Gasteiger partial charge in [0.25, 0.3) is 5.91 Å². The Morgan fingerprint density at radius 2 is 2.11 bits per heavy atom. The van der Waals surface area contributed by atoms with Crippen LogP contribution in [0.3, 0.4) is 0 Å². The van der Waals surface area contributed by atoms with Gasteiger partial charge in [-0.3, -0.25) is 4.79 Å². The second-order valence-corrected chi connectivity index (χ2v) is 8.82. The van der Waals surface area contributed by atoms with Crippen LogP contribution in [0, 0.1) is 6.92 Å². The third-order valence-electron chi connectivity index (χ3n) is 4.13. The molecule has 8 nitrogen and oxygen atoms in total. The van der Waals surface area contributed by atoms with Crippen molar-refractivity contribution >= 4 is 33.3 Å². The zero-order chi connectivity index (χ0) is 19.6. The summed E-state index contributed by atoms with van der Waals surface area (Å²) >= 11 is 6.14. The van der Waals surface area contributed by atoms with E-state index in [1.807, 2.05) is 0 Å². The molecule has 1 atom stereocenters. The Kier molecular flexibility index (Phi) is 5.52. The minimum Gasteiger partial charge on any atom is -0.452 e. The van der Waals surface area contributed by atoms with Crippen LogP contribution in [0.2, 0.25) is 5.02 Å². The maximum atomic E-state index is 12.4. The molecule has 27 heavy (non-hydrogen) atoms. The molecule has 1 aliphatic heterocycles. The fourth-order valence-electron chi connectivity index (χ4n) is 2.83. The molecular formula is C17H17ClN2O6S. The number of hydrogen-bond donors (Lipinski definition) is 1. The first-order chi connectivity index (χ1) is 12.8. The van der Waals surface area contributed by atoms with Crippen LogP contribution in [-0.2, 0) is 19.4 Å². The summed E-state index contributed by atoms with van der Waals surface area (Å²) in [5.74, 6) is -1.18. The molecule has 2 aromatic rings. The van der Waals surface area contributed by atoms with Gasteiger partial charge >= 0.3 is 5.97 Å². The number of carbonyl (C=O) groups excluding carboxylic acids is 2. The standard InChI is InChI=1S/C17H17ClN2O6S/c1-10-15(16(20-26-10)12-4-2-3-5-13(12)18)17(22)25-8-14(21)19-11-6-7-27(23,24)9-11/h2-5,11H,6-9H2,1H3,(H,19,21)/t11-/m1/s1. The highest BCUT2D eigenvalue weighted by Crippen LogP contribution is 2.31. The summed E-state index contributed by atoms with van der Waals surface area (Å²) in [4.78, 5) is 24.4. The molecule has 1 N–H and O–H groups in total. The molecule has 2 heterocycles. The van der Waals surface area contributed by atoms with Gasteiger partial charge in [0.05, 0.1) is 16.5 Å². The van der Waals surface area contributed by atoms with E-state index >= 15 is 0 Å². The van der Waals surface area contributed by atoms with Crippen molar-refractivity contribution in [3.8, 4) is 11.3 Å². The van der Waals surface area contributed by atoms with Crippen LogP contribution >= 0.6 is 11.6 Å². The lowest BCUT2D eigenvalue weighted by atomic mass is 10.1. The predicted molar refractivity (Wildman–Crippen MR) is 97.2 cm³/mol. The lowest BCUT2D eigenvalue weighted by Crippen LogP contribution is -2.38. The van der Waals surface area contributed by atoms with Crippen LogP contribution in [-0.4, -0.2) is 49.6 Å². The SMILES string of the molecule is Cc1onc(-c2ccccc2Cl)c1C(=O)OCC(=O)N[C@@H]1CCS(=O)(=O)C1. The molecule has 1 aliphatic rings. The number of halogens is 1. The molecule has 1 amide bonds. The number of sulfone groups is 1. The molecule has 1 saturated heterocycles. The van der Waals surface area contributed by atoms with E-state index in [-0.39, 0.29) is 28.5 Å². The Balaban J connectivity index is 1.66. The number of hydrogen-bond acceptors (Lipinski definition) is 7. The summed E-state index contributed by atoms with van der Waals surface area (Å²) in [5, 5.41) is 6.81. The predicted octanol–water partition coefficient (Wildman–Crippen LogP) is 1.76. The lowest BCUT2D eigenvalue weighted by molar-refractivity contribution is -0.124. The van der Waals surface area contributed by atoms with Gasteiger partial charge < -0.3 is 14.6 Å². The molecular weight excluding hydrogens is 396 g/mol. The molecule has 0 radical (unpaired) electrons. The average molecular weight is 413 g/mol. The van der Waals surface area contributed by atoms with Crippen molar-refractivity contribution in [2.75, 3.05) is 18.1 Å². The number of aryl methyl sites for hydroxylation is 1. The van der Waals surface area contributed by atoms with Crippen LogP contribution in [0.1, 0.15) is 22.5 Å². The largest absolute Gasteiger partial charge is 0.452 e. The van der Waals surface area contributed by atoms with Crippen molar-refractivity contribution in [1.29, 1.82) is 0 Å². The van der Waals surface area contributed by atoms with Crippen molar-refractivity contribution in [3.63, 3.8) is 0 Å². The van der Waals surface area contributed by atoms with Crippen molar-refractivity contribution in [2.45, 2.75) is 19.4 Å². The average Bonchev–Trinajstić information content (AvgIpc) is 3.15. The number of esters is 1. The molecule has 1 fully saturated rings. The topological polar surface area (TPSA) is 116 Å². The first-order valence-corrected chi connectivity index (χ1v) is 10.3. The Morgan fingerprint density at radius 3 is 2.78 bits per heavy atom. The number of carbonyl (C=O) groups is 2. The van der Waals surface area contributed by atoms with Crippen molar-refractivity contribution < 1.29 is 27.3 Å². The van der Waals surface area contributed by atoms with E-state index in [1.165, 1.54) is 0 Å². The van der Waals surface area contributed by atoms with Gasteiger partial charge in [0.2, 0.25) is 0 Å². The number of benzene rings is 1. The number of rotatable bonds is 5. The third-order valence-corrected chi connectivity index (χ3v) is 6.23. The quantitative estimate of drug-likeness (QED) is 0.744. The van der Waals surface area contributed by atoms with E-state index in [9.17, 15) is 18.0 Å². The molecule has 0 bridgehead atoms. The van der Waals surface area contributed by atoms with Crippen molar-refractivity contribution in [2.24, 2.45) is 0 Å². The maximum absolute atomic E-state index is 12.4. The van der Waals surface area contributed by atoms with Crippen LogP contribution in [0.15, 0.2) is 28.8 Å². The van der Waals surface area contributed by atoms with Crippen LogP contribution in [0.4, 0.5) is 0 Å². The highest BCUT2D eigenvalue weighted by molar-refractivity contribution is 7.91. The molecule has 1 aromatic carbocycles. The molecule has 0 saturated carbocycles. The van der Waals surface area contributed by atoms with E-state index in [4.69, 9.17) is 20.9 Å². The normalized spacial score (nSPS) is 18.2. The Labute approximate surface area is 160 Å². The van der Waals surface area contributed by atoms with Gasteiger partial charge in [-0.2, -0.15) is 0 Å². The fourth-order valence-corrected chi connectivity index (χ4v) is 4.73. The number of nitrogens with zero attached hydrogens (tertiary/aromatic N) is 1. The lowest BCUT2D eigenvalue weighted by Gasteiger charge is -2.11. The molecule has 0 unspecified atom stereocenters. The molecule has 1 aromatic heterocycles. The highest BCUT2D eigenvalue weighted by Gasteiger charge is 2.29. The Hall–Kier alpha value is -2.39. The number of aromatic nitrogens is 1. The van der Waals surface area contributed by atoms with Gasteiger partial charge in [0.1, 0.15) is 17.0 Å². The molecule has 10 heteroatoms. The van der Waals surface area contributed by atoms with Crippen molar-refractivity contribution in [3.05, 3.63) is 40.6 Å². The van der Waals surface area contributed by atoms with Crippen LogP contribution in [0.25, 0.3) is 11.3 Å². The third kappa shape index (κ3) is 4.48. The summed E-state index contributed by atoms with van der Waals surface area (Å²) < 4.78 is 33.0. The van der Waals surface area contributed by atoms with E-state index in [0.717, 1.165) is 0 Å². The zero-order valence-corrected chi connectivity index (χ0v) is 16.0. The Bertz CT molecular complexity index is 985. The highest BCUT2D eigenvalue weighted by atomic mass is 35.5. The van der Waals surface area contributed by atoms with Crippen LogP contribution in [0.5, 0.6) is 0 Å². The first-order valence-electron chi connectivity index (χ1n) is 8.15. The maximum Gasteiger partial charge on any atom is 0.344 e. The summed E-state index contributed by atoms with van der Waals surface area (Å²) in [5.41, 5.74) is 0.813. The van der Waals surface area contributed by atoms with Crippen LogP contribution < -0.4 is 5.32 Å². The number of ether oxygens (including phenoxy) is 1. The number of nitrogens with one attached hydrogen (secondary N) is 1. The van der Waals surface area contributed by atoms with E-state index < -0.39 is 34.4 Å². The summed E-state index contributed by atoms with van der Waals surface area (Å²) in [6.45, 7) is 1.01. The molecule has 3 rings (SSSR count). The number of amides is 1. The molecule has 0 aliphatic carbocycles. The summed E-state index contributed by atoms with van der Waals surface area (Å²) in [6, 6.07) is 6.36. The van der Waals surface area contributed by atoms with Gasteiger partial charge in [0.15, 0.2) is 16.4 Å². The molecule has 144 valence electrons. The minimum absolute atomic E-state index is 0.0405. The smallest absolute Gasteiger partial charge is 0.344 e.